The van der Waals surface area contributed by atoms with Crippen molar-refractivity contribution in [3.05, 3.63) is 164 Å². The topological polar surface area (TPSA) is 221 Å². The number of hydrogen-bond acceptors (Lipinski definition) is 18. The largest absolute Gasteiger partial charge is 0.489 e. The van der Waals surface area contributed by atoms with Gasteiger partial charge in [0, 0.05) is 67.7 Å². The monoisotopic (exact) mass is 1400 g/mol. The Balaban J connectivity index is 1.94. The van der Waals surface area contributed by atoms with Gasteiger partial charge in [-0.2, -0.15) is 0 Å². The zero-order valence-corrected chi connectivity index (χ0v) is 61.6. The minimum Gasteiger partial charge on any atom is -0.489 e. The molecular weight excluding hydrogens is 1280 g/mol. The molecule has 4 aromatic rings. The van der Waals surface area contributed by atoms with Crippen LogP contribution in [0.3, 0.4) is 0 Å². The Labute approximate surface area is 600 Å². The second-order valence-electron chi connectivity index (χ2n) is 25.7. The van der Waals surface area contributed by atoms with Crippen molar-refractivity contribution in [1.82, 2.24) is 0 Å². The van der Waals surface area contributed by atoms with Gasteiger partial charge in [0.05, 0.1) is 21.3 Å². The lowest BCUT2D eigenvalue weighted by molar-refractivity contribution is -0.140. The van der Waals surface area contributed by atoms with Gasteiger partial charge in [0.15, 0.2) is 0 Å². The Morgan fingerprint density at radius 2 is 0.515 bits per heavy atom. The molecule has 0 aromatic heterocycles. The average molecular weight is 1400 g/mol. The summed E-state index contributed by atoms with van der Waals surface area (Å²) in [6.45, 7) is 13.5. The summed E-state index contributed by atoms with van der Waals surface area (Å²) in [5.74, 6) is -2.54. The number of aryl methyl sites for hydroxylation is 4. The van der Waals surface area contributed by atoms with E-state index < -0.39 is 41.8 Å². The molecule has 18 heteroatoms. The first-order chi connectivity index (χ1) is 49.0. The van der Waals surface area contributed by atoms with Crippen molar-refractivity contribution in [3.63, 3.8) is 0 Å². The molecule has 0 amide bonds. The molecule has 0 saturated carbocycles. The third-order valence-electron chi connectivity index (χ3n) is 17.3. The fourth-order valence-corrected chi connectivity index (χ4v) is 12.2. The lowest BCUT2D eigenvalue weighted by Crippen LogP contribution is -2.16. The number of methoxy groups -OCH3 is 3. The first kappa shape index (κ1) is 83.0. The van der Waals surface area contributed by atoms with Crippen LogP contribution in [-0.2, 0) is 118 Å². The van der Waals surface area contributed by atoms with E-state index >= 15 is 0 Å². The molecule has 552 valence electrons. The molecule has 0 N–H and O–H groups in total. The van der Waals surface area contributed by atoms with E-state index in [4.69, 9.17) is 52.1 Å². The molecule has 8 bridgehead atoms. The van der Waals surface area contributed by atoms with Crippen LogP contribution < -0.4 is 18.9 Å². The molecule has 0 radical (unpaired) electrons. The molecule has 5 rings (SSSR count). The van der Waals surface area contributed by atoms with Crippen LogP contribution in [0.2, 0.25) is 0 Å². The maximum Gasteiger partial charge on any atom is 0.333 e. The number of carbonyl (C=O) groups is 7. The molecule has 0 spiro atoms. The highest BCUT2D eigenvalue weighted by molar-refractivity contribution is 5.93. The van der Waals surface area contributed by atoms with E-state index in [1.165, 1.54) is 21.3 Å². The summed E-state index contributed by atoms with van der Waals surface area (Å²) < 4.78 is 64.9. The molecule has 1 aliphatic carbocycles. The van der Waals surface area contributed by atoms with Gasteiger partial charge in [-0.25, -0.2) is 33.6 Å². The van der Waals surface area contributed by atoms with E-state index in [2.05, 4.69) is 82.8 Å². The molecule has 4 aromatic carbocycles. The lowest BCUT2D eigenvalue weighted by atomic mass is 9.87. The van der Waals surface area contributed by atoms with Crippen LogP contribution in [0.1, 0.15) is 230 Å². The molecule has 1 aliphatic rings. The number of unbranched alkanes of at least 4 members (excludes halogenated alkanes) is 16. The highest BCUT2D eigenvalue weighted by Crippen LogP contribution is 2.42. The van der Waals surface area contributed by atoms with Crippen LogP contribution in [0.5, 0.6) is 23.0 Å². The van der Waals surface area contributed by atoms with Gasteiger partial charge in [-0.1, -0.05) is 186 Å². The molecular formula is C83H112O18. The van der Waals surface area contributed by atoms with Crippen LogP contribution in [0.4, 0.5) is 0 Å². The number of fused-ring (bicyclic) bond motifs is 8. The number of hydrogen-bond donors (Lipinski definition) is 0. The summed E-state index contributed by atoms with van der Waals surface area (Å²) in [5.41, 5.74) is 11.5. The van der Waals surface area contributed by atoms with Gasteiger partial charge in [0.2, 0.25) is 0 Å². The number of rotatable bonds is 47. The molecule has 0 heterocycles. The third-order valence-corrected chi connectivity index (χ3v) is 17.3. The predicted molar refractivity (Wildman–Crippen MR) is 391 cm³/mol. The number of esters is 7. The normalized spacial score (nSPS) is 11.9. The summed E-state index contributed by atoms with van der Waals surface area (Å²) >= 11 is 0. The molecule has 0 unspecified atom stereocenters. The van der Waals surface area contributed by atoms with E-state index in [9.17, 15) is 33.6 Å². The van der Waals surface area contributed by atoms with Crippen LogP contribution in [0.15, 0.2) is 97.1 Å². The quantitative estimate of drug-likeness (QED) is 0.0153. The van der Waals surface area contributed by atoms with Crippen molar-refractivity contribution in [2.24, 2.45) is 0 Å². The van der Waals surface area contributed by atoms with E-state index in [0.29, 0.717) is 48.7 Å². The SMILES string of the molecule is C=C(C)C(=O)OCCOc1c2cc(CCCCCCC)cc1Cc1cc(CCCCCCC)cc(c1OCCOC(=O)/C=C\C(=O)OC)Cc1cc(CCCCCCC)cc(c1OCCOC(=O)/C=C\C(=O)OC)Cc1cc(CCCCCCC)cc(c1OCCOC(=O)/C=C\C(=O)OC)C2. The lowest BCUT2D eigenvalue weighted by Gasteiger charge is -2.25. The van der Waals surface area contributed by atoms with Gasteiger partial charge in [0.25, 0.3) is 0 Å². The Morgan fingerprint density at radius 3 is 0.723 bits per heavy atom. The standard InChI is InChI=1S/C83H112O18/c1-10-14-18-22-26-30-61-48-65-56-67-50-62(31-27-23-19-15-11-2)52-69(80(67)98-44-41-95-77(88)38-35-74(85)92-8)58-71-54-64(33-29-25-21-17-13-4)55-72(82(71)100-46-47-101-83(90)60(5)6)59-70-53-63(32-28-24-20-16-12-3)51-68(81(70)99-45-42-96-78(89)39-36-75(86)93-9)57-66(49-61)79(65)97-43-40-94-76(87)37-34-73(84)91-7/h34-39,48-55H,5,10-33,40-47,56-59H2,1-4,6-9H3/b37-34-,38-35-,39-36-. The average Bonchev–Trinajstić information content (AvgIpc) is 0.788. The Hall–Kier alpha value is -8.67. The number of ether oxygens (including phenoxy) is 11. The van der Waals surface area contributed by atoms with E-state index in [-0.39, 0.29) is 58.4 Å². The van der Waals surface area contributed by atoms with Crippen molar-refractivity contribution in [2.45, 2.75) is 214 Å². The summed E-state index contributed by atoms with van der Waals surface area (Å²) in [4.78, 5) is 88.0. The molecule has 101 heavy (non-hydrogen) atoms. The second-order valence-corrected chi connectivity index (χ2v) is 25.7. The third kappa shape index (κ3) is 31.4. The van der Waals surface area contributed by atoms with Crippen molar-refractivity contribution in [3.8, 4) is 23.0 Å². The maximum absolute atomic E-state index is 13.0. The Morgan fingerprint density at radius 1 is 0.307 bits per heavy atom. The summed E-state index contributed by atoms with van der Waals surface area (Å²) in [7, 11) is 3.67. The summed E-state index contributed by atoms with van der Waals surface area (Å²) in [6, 6.07) is 17.8. The van der Waals surface area contributed by atoms with Crippen LogP contribution in [0, 0.1) is 0 Å². The van der Waals surface area contributed by atoms with E-state index in [0.717, 1.165) is 257 Å². The fraction of sp³-hybridized carbons (Fsp3) is 0.530. The maximum atomic E-state index is 13.0. The molecule has 0 atom stereocenters. The molecule has 0 saturated heterocycles. The first-order valence-electron chi connectivity index (χ1n) is 36.7. The van der Waals surface area contributed by atoms with E-state index in [1.807, 2.05) is 0 Å². The minimum atomic E-state index is -0.750. The summed E-state index contributed by atoms with van der Waals surface area (Å²) in [5, 5.41) is 0. The van der Waals surface area contributed by atoms with Gasteiger partial charge in [-0.15, -0.1) is 0 Å². The van der Waals surface area contributed by atoms with Gasteiger partial charge >= 0.3 is 41.8 Å². The molecule has 0 aliphatic heterocycles. The molecule has 18 nitrogen and oxygen atoms in total. The Bertz CT molecular complexity index is 3230. The van der Waals surface area contributed by atoms with Crippen molar-refractivity contribution in [1.29, 1.82) is 0 Å². The first-order valence-corrected chi connectivity index (χ1v) is 36.7. The second kappa shape index (κ2) is 48.2. The highest BCUT2D eigenvalue weighted by Gasteiger charge is 2.26. The predicted octanol–water partition coefficient (Wildman–Crippen LogP) is 15.9. The fourth-order valence-electron chi connectivity index (χ4n) is 12.2. The molecule has 0 fully saturated rings. The van der Waals surface area contributed by atoms with Gasteiger partial charge in [0.1, 0.15) is 75.9 Å². The van der Waals surface area contributed by atoms with Crippen molar-refractivity contribution >= 4 is 41.8 Å². The van der Waals surface area contributed by atoms with Gasteiger partial charge in [-0.3, -0.25) is 0 Å². The smallest absolute Gasteiger partial charge is 0.333 e. The van der Waals surface area contributed by atoms with Crippen molar-refractivity contribution in [2.75, 3.05) is 74.2 Å². The number of benzene rings is 4. The van der Waals surface area contributed by atoms with Gasteiger partial charge < -0.3 is 52.1 Å². The zero-order chi connectivity index (χ0) is 73.0. The van der Waals surface area contributed by atoms with Crippen LogP contribution >= 0.6 is 0 Å². The number of carbonyl (C=O) groups excluding carboxylic acids is 7. The summed E-state index contributed by atoms with van der Waals surface area (Å²) in [6.07, 6.45) is 31.7. The highest BCUT2D eigenvalue weighted by atomic mass is 16.6. The van der Waals surface area contributed by atoms with E-state index in [1.54, 1.807) is 6.92 Å². The van der Waals surface area contributed by atoms with Crippen LogP contribution in [0.25, 0.3) is 0 Å². The Kier molecular flexibility index (Phi) is 39.6. The van der Waals surface area contributed by atoms with Crippen LogP contribution in [-0.4, -0.2) is 116 Å². The van der Waals surface area contributed by atoms with Crippen molar-refractivity contribution < 1.29 is 85.7 Å². The van der Waals surface area contributed by atoms with Gasteiger partial charge in [-0.05, 0) is 125 Å². The minimum absolute atomic E-state index is 0.0154. The zero-order valence-electron chi connectivity index (χ0n) is 61.6.